The molecular weight excluding hydrogens is 367 g/mol. The van der Waals surface area contributed by atoms with E-state index in [1.165, 1.54) is 36.1 Å². The quantitative estimate of drug-likeness (QED) is 0.699. The molecule has 0 fully saturated rings. The zero-order chi connectivity index (χ0) is 20.3. The summed E-state index contributed by atoms with van der Waals surface area (Å²) in [4.78, 5) is 24.3. The first-order valence-corrected chi connectivity index (χ1v) is 8.55. The van der Waals surface area contributed by atoms with Crippen LogP contribution in [0.2, 0.25) is 0 Å². The van der Waals surface area contributed by atoms with Crippen LogP contribution in [0.4, 0.5) is 10.1 Å². The van der Waals surface area contributed by atoms with Crippen molar-refractivity contribution in [1.29, 1.82) is 0 Å². The van der Waals surface area contributed by atoms with E-state index in [0.717, 1.165) is 6.07 Å². The van der Waals surface area contributed by atoms with Crippen molar-refractivity contribution in [3.63, 3.8) is 0 Å². The Morgan fingerprint density at radius 1 is 1.29 bits per heavy atom. The van der Waals surface area contributed by atoms with Crippen LogP contribution >= 0.6 is 0 Å². The van der Waals surface area contributed by atoms with Gasteiger partial charge in [0.1, 0.15) is 6.54 Å². The van der Waals surface area contributed by atoms with E-state index in [-0.39, 0.29) is 35.3 Å². The van der Waals surface area contributed by atoms with Crippen molar-refractivity contribution in [2.24, 2.45) is 0 Å². The zero-order valence-electron chi connectivity index (χ0n) is 15.6. The molecule has 2 aromatic heterocycles. The molecule has 0 aliphatic carbocycles. The smallest absolute Gasteiger partial charge is 0.251 e. The Kier molecular flexibility index (Phi) is 5.53. The number of hydrogen-bond acceptors (Lipinski definition) is 6. The lowest BCUT2D eigenvalue weighted by Crippen LogP contribution is -2.26. The van der Waals surface area contributed by atoms with Gasteiger partial charge >= 0.3 is 0 Å². The Morgan fingerprint density at radius 2 is 2.07 bits per heavy atom. The molecule has 28 heavy (non-hydrogen) atoms. The number of hydrogen-bond donors (Lipinski definition) is 1. The van der Waals surface area contributed by atoms with E-state index in [2.05, 4.69) is 15.5 Å². The van der Waals surface area contributed by atoms with E-state index in [4.69, 9.17) is 9.15 Å². The summed E-state index contributed by atoms with van der Waals surface area (Å²) in [6.07, 6.45) is 1.47. The Balaban J connectivity index is 1.77. The molecule has 0 atom stereocenters. The van der Waals surface area contributed by atoms with Gasteiger partial charge in [0.15, 0.2) is 11.6 Å². The first-order valence-electron chi connectivity index (χ1n) is 8.55. The fourth-order valence-electron chi connectivity index (χ4n) is 2.47. The van der Waals surface area contributed by atoms with E-state index in [1.807, 2.05) is 13.8 Å². The highest BCUT2D eigenvalue weighted by Crippen LogP contribution is 2.21. The largest absolute Gasteiger partial charge is 0.494 e. The van der Waals surface area contributed by atoms with Gasteiger partial charge in [-0.1, -0.05) is 13.8 Å². The third-order valence-corrected chi connectivity index (χ3v) is 3.91. The van der Waals surface area contributed by atoms with Crippen molar-refractivity contribution in [3.05, 3.63) is 58.6 Å². The molecule has 0 radical (unpaired) electrons. The molecule has 2 heterocycles. The predicted molar refractivity (Wildman–Crippen MR) is 99.7 cm³/mol. The first kappa shape index (κ1) is 19.3. The Bertz CT molecular complexity index is 1060. The number of methoxy groups -OCH3 is 1. The second-order valence-corrected chi connectivity index (χ2v) is 6.38. The number of rotatable bonds is 6. The number of ether oxygens (including phenoxy) is 1. The third-order valence-electron chi connectivity index (χ3n) is 3.91. The zero-order valence-corrected chi connectivity index (χ0v) is 15.6. The van der Waals surface area contributed by atoms with Crippen molar-refractivity contribution >= 4 is 11.6 Å². The molecule has 1 N–H and O–H groups in total. The molecule has 0 aliphatic rings. The minimum atomic E-state index is -0.600. The molecule has 0 spiro atoms. The van der Waals surface area contributed by atoms with Gasteiger partial charge in [-0.3, -0.25) is 9.59 Å². The van der Waals surface area contributed by atoms with Crippen LogP contribution in [0.15, 0.2) is 45.7 Å². The normalized spacial score (nSPS) is 10.9. The van der Waals surface area contributed by atoms with Gasteiger partial charge < -0.3 is 19.0 Å². The number of carbonyl (C=O) groups is 1. The first-order chi connectivity index (χ1) is 13.4. The number of amides is 1. The SMILES string of the molecule is COc1ccc(NC(=O)Cn2cc(-c3nnc(C(C)C)o3)ccc2=O)cc1F. The summed E-state index contributed by atoms with van der Waals surface area (Å²) >= 11 is 0. The maximum atomic E-state index is 13.7. The van der Waals surface area contributed by atoms with Crippen molar-refractivity contribution in [2.45, 2.75) is 26.3 Å². The van der Waals surface area contributed by atoms with Crippen LogP contribution in [0, 0.1) is 5.82 Å². The average Bonchev–Trinajstić information content (AvgIpc) is 3.14. The van der Waals surface area contributed by atoms with Crippen molar-refractivity contribution in [1.82, 2.24) is 14.8 Å². The minimum absolute atomic E-state index is 0.0715. The molecule has 0 aliphatic heterocycles. The molecule has 8 nitrogen and oxygen atoms in total. The standard InChI is InChI=1S/C19H19FN4O4/c1-11(2)18-22-23-19(28-18)12-4-7-17(26)24(9-12)10-16(25)21-13-5-6-15(27-3)14(20)8-13/h4-9,11H,10H2,1-3H3,(H,21,25). The van der Waals surface area contributed by atoms with Gasteiger partial charge in [-0.05, 0) is 18.2 Å². The Morgan fingerprint density at radius 3 is 2.71 bits per heavy atom. The molecule has 1 aromatic carbocycles. The van der Waals surface area contributed by atoms with E-state index >= 15 is 0 Å². The molecule has 1 amide bonds. The maximum Gasteiger partial charge on any atom is 0.251 e. The molecular formula is C19H19FN4O4. The highest BCUT2D eigenvalue weighted by Gasteiger charge is 2.14. The van der Waals surface area contributed by atoms with E-state index in [9.17, 15) is 14.0 Å². The fraction of sp³-hybridized carbons (Fsp3) is 0.263. The van der Waals surface area contributed by atoms with Gasteiger partial charge in [0.05, 0.1) is 12.7 Å². The van der Waals surface area contributed by atoms with Crippen LogP contribution in [-0.4, -0.2) is 27.8 Å². The number of aromatic nitrogens is 3. The van der Waals surface area contributed by atoms with Gasteiger partial charge in [0, 0.05) is 29.9 Å². The van der Waals surface area contributed by atoms with Gasteiger partial charge in [-0.25, -0.2) is 4.39 Å². The summed E-state index contributed by atoms with van der Waals surface area (Å²) in [5.74, 6) is -0.207. The second kappa shape index (κ2) is 8.03. The number of anilines is 1. The van der Waals surface area contributed by atoms with Crippen LogP contribution in [0.5, 0.6) is 5.75 Å². The topological polar surface area (TPSA) is 99.2 Å². The van der Waals surface area contributed by atoms with E-state index in [1.54, 1.807) is 6.07 Å². The summed E-state index contributed by atoms with van der Waals surface area (Å²) in [6, 6.07) is 6.91. The summed E-state index contributed by atoms with van der Waals surface area (Å²) in [7, 11) is 1.35. The summed E-state index contributed by atoms with van der Waals surface area (Å²) in [5.41, 5.74) is 0.400. The van der Waals surface area contributed by atoms with Crippen LogP contribution in [0.25, 0.3) is 11.5 Å². The average molecular weight is 386 g/mol. The lowest BCUT2D eigenvalue weighted by atomic mass is 10.2. The van der Waals surface area contributed by atoms with E-state index < -0.39 is 11.7 Å². The summed E-state index contributed by atoms with van der Waals surface area (Å²) in [5, 5.41) is 10.5. The molecule has 3 rings (SSSR count). The van der Waals surface area contributed by atoms with Gasteiger partial charge in [-0.15, -0.1) is 10.2 Å². The Labute approximate surface area is 160 Å². The van der Waals surface area contributed by atoms with Gasteiger partial charge in [0.25, 0.3) is 5.56 Å². The van der Waals surface area contributed by atoms with Gasteiger partial charge in [0.2, 0.25) is 17.7 Å². The summed E-state index contributed by atoms with van der Waals surface area (Å²) < 4.78 is 25.4. The fourth-order valence-corrected chi connectivity index (χ4v) is 2.47. The van der Waals surface area contributed by atoms with Crippen molar-refractivity contribution in [2.75, 3.05) is 12.4 Å². The molecule has 3 aromatic rings. The van der Waals surface area contributed by atoms with Crippen LogP contribution in [0.1, 0.15) is 25.7 Å². The maximum absolute atomic E-state index is 13.7. The Hall–Kier alpha value is -3.49. The number of nitrogens with one attached hydrogen (secondary N) is 1. The number of benzene rings is 1. The second-order valence-electron chi connectivity index (χ2n) is 6.38. The van der Waals surface area contributed by atoms with Gasteiger partial charge in [-0.2, -0.15) is 0 Å². The van der Waals surface area contributed by atoms with Crippen molar-refractivity contribution < 1.29 is 18.3 Å². The molecule has 0 unspecified atom stereocenters. The highest BCUT2D eigenvalue weighted by molar-refractivity contribution is 5.90. The number of nitrogens with zero attached hydrogens (tertiary/aromatic N) is 3. The lowest BCUT2D eigenvalue weighted by Gasteiger charge is -2.09. The number of pyridine rings is 1. The minimum Gasteiger partial charge on any atom is -0.494 e. The lowest BCUT2D eigenvalue weighted by molar-refractivity contribution is -0.116. The van der Waals surface area contributed by atoms with Crippen LogP contribution in [-0.2, 0) is 11.3 Å². The summed E-state index contributed by atoms with van der Waals surface area (Å²) in [6.45, 7) is 3.58. The molecule has 9 heteroatoms. The van der Waals surface area contributed by atoms with E-state index in [0.29, 0.717) is 11.5 Å². The molecule has 0 saturated heterocycles. The number of carbonyl (C=O) groups excluding carboxylic acids is 1. The highest BCUT2D eigenvalue weighted by atomic mass is 19.1. The van der Waals surface area contributed by atoms with Crippen LogP contribution < -0.4 is 15.6 Å². The van der Waals surface area contributed by atoms with Crippen LogP contribution in [0.3, 0.4) is 0 Å². The molecule has 0 bridgehead atoms. The third kappa shape index (κ3) is 4.25. The molecule has 0 saturated carbocycles. The monoisotopic (exact) mass is 386 g/mol. The number of halogens is 1. The predicted octanol–water partition coefficient (Wildman–Crippen LogP) is 2.81. The van der Waals surface area contributed by atoms with Crippen molar-refractivity contribution in [3.8, 4) is 17.2 Å². The molecule has 146 valence electrons.